The minimum atomic E-state index is -0.840. The normalized spacial score (nSPS) is 22.1. The first-order chi connectivity index (χ1) is 9.51. The Kier molecular flexibility index (Phi) is 6.74. The number of carbonyl (C=O) groups is 2. The molecule has 0 aromatic carbocycles. The average Bonchev–Trinajstić information content (AvgIpc) is 2.80. The highest BCUT2D eigenvalue weighted by Crippen LogP contribution is 2.24. The van der Waals surface area contributed by atoms with Crippen LogP contribution in [-0.2, 0) is 14.3 Å². The predicted molar refractivity (Wildman–Crippen MR) is 72.6 cm³/mol. The smallest absolute Gasteiger partial charge is 0.320 e. The number of rotatable bonds is 7. The second-order valence-corrected chi connectivity index (χ2v) is 5.08. The molecular formula is C13H24N2O5. The summed E-state index contributed by atoms with van der Waals surface area (Å²) >= 11 is 0. The van der Waals surface area contributed by atoms with E-state index in [0.717, 1.165) is 0 Å². The van der Waals surface area contributed by atoms with Gasteiger partial charge < -0.3 is 24.4 Å². The largest absolute Gasteiger partial charge is 0.481 e. The third-order valence-corrected chi connectivity index (χ3v) is 3.60. The first-order valence-electron chi connectivity index (χ1n) is 6.75. The third-order valence-electron chi connectivity index (χ3n) is 3.60. The molecular weight excluding hydrogens is 264 g/mol. The van der Waals surface area contributed by atoms with Gasteiger partial charge in [0.15, 0.2) is 0 Å². The Hall–Kier alpha value is -1.34. The summed E-state index contributed by atoms with van der Waals surface area (Å²) in [6.07, 6.45) is 0. The number of ether oxygens (including phenoxy) is 2. The summed E-state index contributed by atoms with van der Waals surface area (Å²) < 4.78 is 10.00. The van der Waals surface area contributed by atoms with Gasteiger partial charge in [0.25, 0.3) is 0 Å². The maximum Gasteiger partial charge on any atom is 0.320 e. The summed E-state index contributed by atoms with van der Waals surface area (Å²) in [6, 6.07) is -0.144. The Labute approximate surface area is 119 Å². The molecule has 0 radical (unpaired) electrons. The van der Waals surface area contributed by atoms with Crippen LogP contribution >= 0.6 is 0 Å². The number of carbonyl (C=O) groups excluding carboxylic acids is 1. The lowest BCUT2D eigenvalue weighted by atomic mass is 9.99. The van der Waals surface area contributed by atoms with Crippen molar-refractivity contribution in [3.05, 3.63) is 0 Å². The fourth-order valence-electron chi connectivity index (χ4n) is 2.35. The standard InChI is InChI=1S/C13H24N2O5/c1-10-8-15(9-11(10)12(16)17)13(18)14(4-6-19-2)5-7-20-3/h10-11H,4-9H2,1-3H3,(H,16,17). The number of carboxylic acids is 1. The van der Waals surface area contributed by atoms with Gasteiger partial charge in [-0.2, -0.15) is 0 Å². The number of hydrogen-bond donors (Lipinski definition) is 1. The lowest BCUT2D eigenvalue weighted by molar-refractivity contribution is -0.142. The van der Waals surface area contributed by atoms with E-state index in [4.69, 9.17) is 14.6 Å². The molecule has 1 N–H and O–H groups in total. The zero-order chi connectivity index (χ0) is 15.1. The van der Waals surface area contributed by atoms with Crippen molar-refractivity contribution in [3.8, 4) is 0 Å². The van der Waals surface area contributed by atoms with E-state index in [2.05, 4.69) is 0 Å². The van der Waals surface area contributed by atoms with E-state index in [9.17, 15) is 9.59 Å². The average molecular weight is 288 g/mol. The zero-order valence-corrected chi connectivity index (χ0v) is 12.4. The van der Waals surface area contributed by atoms with Crippen molar-refractivity contribution >= 4 is 12.0 Å². The molecule has 0 aromatic rings. The van der Waals surface area contributed by atoms with Crippen molar-refractivity contribution in [2.24, 2.45) is 11.8 Å². The molecule has 0 bridgehead atoms. The molecule has 2 amide bonds. The molecule has 1 heterocycles. The summed E-state index contributed by atoms with van der Waals surface area (Å²) in [5.74, 6) is -1.35. The summed E-state index contributed by atoms with van der Waals surface area (Å²) in [7, 11) is 3.16. The molecule has 116 valence electrons. The third kappa shape index (κ3) is 4.35. The number of hydrogen-bond acceptors (Lipinski definition) is 4. The molecule has 1 saturated heterocycles. The number of nitrogens with zero attached hydrogens (tertiary/aromatic N) is 2. The quantitative estimate of drug-likeness (QED) is 0.731. The Morgan fingerprint density at radius 1 is 1.20 bits per heavy atom. The van der Waals surface area contributed by atoms with Gasteiger partial charge in [-0.3, -0.25) is 4.79 Å². The van der Waals surface area contributed by atoms with Gasteiger partial charge in [0.1, 0.15) is 0 Å². The number of methoxy groups -OCH3 is 2. The van der Waals surface area contributed by atoms with Gasteiger partial charge in [0.05, 0.1) is 19.1 Å². The van der Waals surface area contributed by atoms with Gasteiger partial charge in [-0.05, 0) is 5.92 Å². The first-order valence-corrected chi connectivity index (χ1v) is 6.75. The van der Waals surface area contributed by atoms with Gasteiger partial charge in [0.2, 0.25) is 0 Å². The Bertz CT molecular complexity index is 329. The summed E-state index contributed by atoms with van der Waals surface area (Å²) in [6.45, 7) is 4.45. The van der Waals surface area contributed by atoms with Crippen molar-refractivity contribution in [1.82, 2.24) is 9.80 Å². The van der Waals surface area contributed by atoms with E-state index in [1.165, 1.54) is 0 Å². The molecule has 0 spiro atoms. The Morgan fingerprint density at radius 3 is 2.15 bits per heavy atom. The van der Waals surface area contributed by atoms with Gasteiger partial charge in [-0.15, -0.1) is 0 Å². The first kappa shape index (κ1) is 16.7. The molecule has 2 unspecified atom stereocenters. The summed E-state index contributed by atoms with van der Waals surface area (Å²) in [5.41, 5.74) is 0. The van der Waals surface area contributed by atoms with Crippen LogP contribution in [-0.4, -0.2) is 80.5 Å². The van der Waals surface area contributed by atoms with Crippen molar-refractivity contribution in [3.63, 3.8) is 0 Å². The molecule has 0 saturated carbocycles. The molecule has 1 aliphatic rings. The zero-order valence-electron chi connectivity index (χ0n) is 12.4. The highest BCUT2D eigenvalue weighted by atomic mass is 16.5. The van der Waals surface area contributed by atoms with Crippen LogP contribution in [0.15, 0.2) is 0 Å². The molecule has 0 aliphatic carbocycles. The molecule has 1 aliphatic heterocycles. The van der Waals surface area contributed by atoms with Gasteiger partial charge in [-0.25, -0.2) is 4.79 Å². The van der Waals surface area contributed by atoms with E-state index in [-0.39, 0.29) is 18.5 Å². The van der Waals surface area contributed by atoms with Crippen molar-refractivity contribution in [2.45, 2.75) is 6.92 Å². The maximum absolute atomic E-state index is 12.4. The highest BCUT2D eigenvalue weighted by Gasteiger charge is 2.38. The topological polar surface area (TPSA) is 79.3 Å². The summed E-state index contributed by atoms with van der Waals surface area (Å²) in [4.78, 5) is 26.8. The van der Waals surface area contributed by atoms with Gasteiger partial charge in [-0.1, -0.05) is 6.92 Å². The van der Waals surface area contributed by atoms with Crippen LogP contribution in [0.4, 0.5) is 4.79 Å². The molecule has 2 atom stereocenters. The van der Waals surface area contributed by atoms with Crippen LogP contribution in [0, 0.1) is 11.8 Å². The number of aliphatic carboxylic acids is 1. The second-order valence-electron chi connectivity index (χ2n) is 5.08. The van der Waals surface area contributed by atoms with Gasteiger partial charge in [0, 0.05) is 40.4 Å². The second kappa shape index (κ2) is 8.06. The fourth-order valence-corrected chi connectivity index (χ4v) is 2.35. The Balaban J connectivity index is 2.62. The maximum atomic E-state index is 12.4. The van der Waals surface area contributed by atoms with Crippen LogP contribution in [0.25, 0.3) is 0 Å². The van der Waals surface area contributed by atoms with E-state index in [0.29, 0.717) is 32.8 Å². The molecule has 1 rings (SSSR count). The van der Waals surface area contributed by atoms with E-state index >= 15 is 0 Å². The molecule has 7 heteroatoms. The van der Waals surface area contributed by atoms with E-state index < -0.39 is 11.9 Å². The van der Waals surface area contributed by atoms with Crippen LogP contribution in [0.5, 0.6) is 0 Å². The highest BCUT2D eigenvalue weighted by molar-refractivity contribution is 5.77. The minimum absolute atomic E-state index is 0.0249. The van der Waals surface area contributed by atoms with Crippen molar-refractivity contribution in [1.29, 1.82) is 0 Å². The molecule has 0 aromatic heterocycles. The number of urea groups is 1. The van der Waals surface area contributed by atoms with E-state index in [1.807, 2.05) is 6.92 Å². The Morgan fingerprint density at radius 2 is 1.75 bits per heavy atom. The number of amides is 2. The predicted octanol–water partition coefficient (Wildman–Crippen LogP) is 0.354. The summed E-state index contributed by atoms with van der Waals surface area (Å²) in [5, 5.41) is 9.11. The lowest BCUT2D eigenvalue weighted by Crippen LogP contribution is -2.45. The molecule has 7 nitrogen and oxygen atoms in total. The van der Waals surface area contributed by atoms with Crippen LogP contribution < -0.4 is 0 Å². The van der Waals surface area contributed by atoms with Crippen LogP contribution in [0.3, 0.4) is 0 Å². The van der Waals surface area contributed by atoms with Gasteiger partial charge >= 0.3 is 12.0 Å². The van der Waals surface area contributed by atoms with Crippen molar-refractivity contribution in [2.75, 3.05) is 53.6 Å². The van der Waals surface area contributed by atoms with Crippen LogP contribution in [0.2, 0.25) is 0 Å². The van der Waals surface area contributed by atoms with Crippen LogP contribution in [0.1, 0.15) is 6.92 Å². The number of carboxylic acid groups (broad SMARTS) is 1. The lowest BCUT2D eigenvalue weighted by Gasteiger charge is -2.27. The van der Waals surface area contributed by atoms with Crippen molar-refractivity contribution < 1.29 is 24.2 Å². The fraction of sp³-hybridized carbons (Fsp3) is 0.846. The SMILES string of the molecule is COCCN(CCOC)C(=O)N1CC(C)C(C(=O)O)C1. The minimum Gasteiger partial charge on any atom is -0.481 e. The van der Waals surface area contributed by atoms with E-state index in [1.54, 1.807) is 24.0 Å². The molecule has 20 heavy (non-hydrogen) atoms. The monoisotopic (exact) mass is 288 g/mol. The number of likely N-dealkylation sites (tertiary alicyclic amines) is 1. The molecule has 1 fully saturated rings.